The second kappa shape index (κ2) is 7.32. The Balaban J connectivity index is 2.05. The van der Waals surface area contributed by atoms with Gasteiger partial charge in [0.25, 0.3) is 11.4 Å². The van der Waals surface area contributed by atoms with Crippen LogP contribution in [0.4, 0.5) is 17.1 Å². The fraction of sp³-hybridized carbons (Fsp3) is 0.200. The average molecular weight is 317 g/mol. The van der Waals surface area contributed by atoms with Crippen LogP contribution in [0, 0.1) is 20.2 Å². The van der Waals surface area contributed by atoms with Gasteiger partial charge >= 0.3 is 0 Å². The third-order valence-corrected chi connectivity index (χ3v) is 3.23. The quantitative estimate of drug-likeness (QED) is 0.598. The van der Waals surface area contributed by atoms with Crippen molar-refractivity contribution in [1.82, 2.24) is 0 Å². The van der Waals surface area contributed by atoms with Crippen molar-refractivity contribution in [2.45, 2.75) is 12.5 Å². The maximum absolute atomic E-state index is 11.0. The standard InChI is InChI=1S/C15H15N3O5/c19-13(8-11-4-2-1-3-5-11)10-16-14-7-6-12(17(20)21)9-15(14)18(22)23/h1-7,9,13,16,19H,8,10H2. The van der Waals surface area contributed by atoms with Gasteiger partial charge in [0.1, 0.15) is 5.69 Å². The van der Waals surface area contributed by atoms with Crippen LogP contribution in [0.15, 0.2) is 48.5 Å². The molecule has 0 heterocycles. The van der Waals surface area contributed by atoms with Gasteiger partial charge in [-0.25, -0.2) is 0 Å². The van der Waals surface area contributed by atoms with E-state index in [1.807, 2.05) is 30.3 Å². The Morgan fingerprint density at radius 2 is 1.74 bits per heavy atom. The summed E-state index contributed by atoms with van der Waals surface area (Å²) in [5.41, 5.74) is 0.325. The number of hydrogen-bond acceptors (Lipinski definition) is 6. The number of aliphatic hydroxyl groups excluding tert-OH is 1. The van der Waals surface area contributed by atoms with Crippen LogP contribution in [0.1, 0.15) is 5.56 Å². The summed E-state index contributed by atoms with van der Waals surface area (Å²) in [4.78, 5) is 20.3. The zero-order chi connectivity index (χ0) is 16.8. The highest BCUT2D eigenvalue weighted by Gasteiger charge is 2.19. The van der Waals surface area contributed by atoms with Crippen molar-refractivity contribution in [3.63, 3.8) is 0 Å². The van der Waals surface area contributed by atoms with Gasteiger partial charge < -0.3 is 10.4 Å². The van der Waals surface area contributed by atoms with Crippen LogP contribution in [0.25, 0.3) is 0 Å². The summed E-state index contributed by atoms with van der Waals surface area (Å²) >= 11 is 0. The first-order valence-electron chi connectivity index (χ1n) is 6.86. The minimum absolute atomic E-state index is 0.0908. The first-order valence-corrected chi connectivity index (χ1v) is 6.86. The lowest BCUT2D eigenvalue weighted by Gasteiger charge is -2.13. The molecule has 1 unspecified atom stereocenters. The van der Waals surface area contributed by atoms with Gasteiger partial charge in [0.05, 0.1) is 22.0 Å². The van der Waals surface area contributed by atoms with Crippen LogP contribution in [0.3, 0.4) is 0 Å². The number of nitro groups is 2. The molecule has 8 nitrogen and oxygen atoms in total. The molecule has 1 atom stereocenters. The monoisotopic (exact) mass is 317 g/mol. The Labute approximate surface area is 131 Å². The topological polar surface area (TPSA) is 119 Å². The van der Waals surface area contributed by atoms with Gasteiger partial charge in [-0.3, -0.25) is 20.2 Å². The lowest BCUT2D eigenvalue weighted by Crippen LogP contribution is -2.22. The highest BCUT2D eigenvalue weighted by atomic mass is 16.6. The molecule has 0 bridgehead atoms. The van der Waals surface area contributed by atoms with Crippen LogP contribution < -0.4 is 5.32 Å². The van der Waals surface area contributed by atoms with Gasteiger partial charge in [-0.15, -0.1) is 0 Å². The Kier molecular flexibility index (Phi) is 5.21. The maximum Gasteiger partial charge on any atom is 0.299 e. The fourth-order valence-corrected chi connectivity index (χ4v) is 2.12. The van der Waals surface area contributed by atoms with E-state index in [2.05, 4.69) is 5.32 Å². The minimum atomic E-state index is -0.743. The number of nitrogens with zero attached hydrogens (tertiary/aromatic N) is 2. The molecule has 0 saturated heterocycles. The zero-order valence-electron chi connectivity index (χ0n) is 12.1. The van der Waals surface area contributed by atoms with Crippen molar-refractivity contribution in [2.75, 3.05) is 11.9 Å². The van der Waals surface area contributed by atoms with Crippen LogP contribution in [-0.4, -0.2) is 27.6 Å². The van der Waals surface area contributed by atoms with E-state index in [1.165, 1.54) is 12.1 Å². The lowest BCUT2D eigenvalue weighted by atomic mass is 10.1. The van der Waals surface area contributed by atoms with Crippen LogP contribution in [0.2, 0.25) is 0 Å². The van der Waals surface area contributed by atoms with Crippen LogP contribution in [-0.2, 0) is 6.42 Å². The lowest BCUT2D eigenvalue weighted by molar-refractivity contribution is -0.393. The molecule has 0 radical (unpaired) electrons. The van der Waals surface area contributed by atoms with Gasteiger partial charge in [0.15, 0.2) is 0 Å². The molecule has 120 valence electrons. The molecular formula is C15H15N3O5. The van der Waals surface area contributed by atoms with E-state index in [-0.39, 0.29) is 17.9 Å². The number of anilines is 1. The number of rotatable bonds is 7. The number of nitro benzene ring substituents is 2. The zero-order valence-corrected chi connectivity index (χ0v) is 12.1. The first-order chi connectivity index (χ1) is 11.0. The summed E-state index contributed by atoms with van der Waals surface area (Å²) in [7, 11) is 0. The summed E-state index contributed by atoms with van der Waals surface area (Å²) in [6.45, 7) is 0.0908. The number of aliphatic hydroxyl groups is 1. The number of hydrogen-bond donors (Lipinski definition) is 2. The molecule has 2 aromatic carbocycles. The molecule has 0 aliphatic carbocycles. The molecule has 0 saturated carbocycles. The SMILES string of the molecule is O=[N+]([O-])c1ccc(NCC(O)Cc2ccccc2)c([N+](=O)[O-])c1. The second-order valence-electron chi connectivity index (χ2n) is 4.94. The summed E-state index contributed by atoms with van der Waals surface area (Å²) < 4.78 is 0. The van der Waals surface area contributed by atoms with Gasteiger partial charge in [-0.05, 0) is 11.6 Å². The van der Waals surface area contributed by atoms with E-state index < -0.39 is 21.6 Å². The largest absolute Gasteiger partial charge is 0.391 e. The normalized spacial score (nSPS) is 11.7. The van der Waals surface area contributed by atoms with Crippen molar-refractivity contribution in [3.05, 3.63) is 74.3 Å². The number of nitrogens with one attached hydrogen (secondary N) is 1. The number of benzene rings is 2. The molecule has 8 heteroatoms. The smallest absolute Gasteiger partial charge is 0.299 e. The van der Waals surface area contributed by atoms with E-state index in [0.29, 0.717) is 6.42 Å². The Bertz CT molecular complexity index is 706. The Morgan fingerprint density at radius 1 is 1.04 bits per heavy atom. The summed E-state index contributed by atoms with van der Waals surface area (Å²) in [5, 5.41) is 34.5. The molecule has 2 N–H and O–H groups in total. The van der Waals surface area contributed by atoms with Gasteiger partial charge in [-0.2, -0.15) is 0 Å². The molecule has 0 spiro atoms. The minimum Gasteiger partial charge on any atom is -0.391 e. The molecule has 0 aliphatic rings. The molecular weight excluding hydrogens is 302 g/mol. The molecule has 0 amide bonds. The van der Waals surface area contributed by atoms with E-state index in [9.17, 15) is 25.3 Å². The predicted octanol–water partition coefficient (Wildman–Crippen LogP) is 2.52. The van der Waals surface area contributed by atoms with Gasteiger partial charge in [-0.1, -0.05) is 30.3 Å². The average Bonchev–Trinajstić information content (AvgIpc) is 2.53. The van der Waals surface area contributed by atoms with E-state index in [4.69, 9.17) is 0 Å². The highest BCUT2D eigenvalue weighted by Crippen LogP contribution is 2.28. The predicted molar refractivity (Wildman–Crippen MR) is 84.4 cm³/mol. The molecule has 23 heavy (non-hydrogen) atoms. The Hall–Kier alpha value is -3.00. The van der Waals surface area contributed by atoms with E-state index in [1.54, 1.807) is 0 Å². The van der Waals surface area contributed by atoms with Crippen LogP contribution >= 0.6 is 0 Å². The third kappa shape index (κ3) is 4.48. The summed E-state index contributed by atoms with van der Waals surface area (Å²) in [6.07, 6.45) is -0.346. The first kappa shape index (κ1) is 16.4. The maximum atomic E-state index is 11.0. The molecule has 2 rings (SSSR count). The van der Waals surface area contributed by atoms with Crippen LogP contribution in [0.5, 0.6) is 0 Å². The summed E-state index contributed by atoms with van der Waals surface area (Å²) in [6, 6.07) is 12.7. The second-order valence-corrected chi connectivity index (χ2v) is 4.94. The fourth-order valence-electron chi connectivity index (χ4n) is 2.12. The third-order valence-electron chi connectivity index (χ3n) is 3.23. The van der Waals surface area contributed by atoms with Crippen molar-refractivity contribution < 1.29 is 15.0 Å². The highest BCUT2D eigenvalue weighted by molar-refractivity contribution is 5.65. The van der Waals surface area contributed by atoms with Crippen molar-refractivity contribution in [3.8, 4) is 0 Å². The summed E-state index contributed by atoms with van der Waals surface area (Å²) in [5.74, 6) is 0. The number of non-ortho nitro benzene ring substituents is 1. The molecule has 2 aromatic rings. The van der Waals surface area contributed by atoms with E-state index in [0.717, 1.165) is 11.6 Å². The molecule has 0 fully saturated rings. The van der Waals surface area contributed by atoms with Crippen molar-refractivity contribution in [2.24, 2.45) is 0 Å². The Morgan fingerprint density at radius 3 is 2.35 bits per heavy atom. The van der Waals surface area contributed by atoms with Crippen molar-refractivity contribution in [1.29, 1.82) is 0 Å². The molecule has 0 aromatic heterocycles. The van der Waals surface area contributed by atoms with E-state index >= 15 is 0 Å². The van der Waals surface area contributed by atoms with Crippen molar-refractivity contribution >= 4 is 17.1 Å². The van der Waals surface area contributed by atoms with Gasteiger partial charge in [0, 0.05) is 19.0 Å². The van der Waals surface area contributed by atoms with Gasteiger partial charge in [0.2, 0.25) is 0 Å². The molecule has 0 aliphatic heterocycles.